The first-order valence-corrected chi connectivity index (χ1v) is 5.11. The van der Waals surface area contributed by atoms with Crippen LogP contribution in [-0.4, -0.2) is 44.8 Å². The van der Waals surface area contributed by atoms with E-state index in [1.165, 1.54) is 11.1 Å². The number of carbonyl (C=O) groups is 2. The van der Waals surface area contributed by atoms with Gasteiger partial charge in [-0.05, 0) is 12.8 Å². The van der Waals surface area contributed by atoms with Gasteiger partial charge in [0, 0.05) is 13.6 Å². The normalized spacial score (nSPS) is 15.8. The maximum atomic E-state index is 12.0. The van der Waals surface area contributed by atoms with Crippen LogP contribution in [0.3, 0.4) is 0 Å². The second kappa shape index (κ2) is 3.96. The molecular weight excluding hydrogens is 210 g/mol. The van der Waals surface area contributed by atoms with Gasteiger partial charge in [0.1, 0.15) is 6.54 Å². The van der Waals surface area contributed by atoms with Crippen molar-refractivity contribution >= 4 is 11.9 Å². The fourth-order valence-electron chi connectivity index (χ4n) is 1.96. The molecule has 1 amide bonds. The molecule has 1 aliphatic rings. The monoisotopic (exact) mass is 223 g/mol. The Bertz CT molecular complexity index is 439. The summed E-state index contributed by atoms with van der Waals surface area (Å²) in [5, 5.41) is 12.7. The second-order valence-electron chi connectivity index (χ2n) is 3.85. The predicted octanol–water partition coefficient (Wildman–Crippen LogP) is -0.107. The minimum atomic E-state index is -0.985. The van der Waals surface area contributed by atoms with Crippen LogP contribution < -0.4 is 0 Å². The van der Waals surface area contributed by atoms with Gasteiger partial charge in [0.2, 0.25) is 0 Å². The molecule has 2 rings (SSSR count). The van der Waals surface area contributed by atoms with Gasteiger partial charge in [-0.25, -0.2) is 0 Å². The highest BCUT2D eigenvalue weighted by atomic mass is 16.4. The molecule has 0 aliphatic carbocycles. The molecule has 0 aromatic carbocycles. The molecule has 1 aromatic heterocycles. The Hall–Kier alpha value is -1.85. The van der Waals surface area contributed by atoms with Gasteiger partial charge in [0.25, 0.3) is 5.91 Å². The van der Waals surface area contributed by atoms with Gasteiger partial charge in [-0.2, -0.15) is 5.10 Å². The largest absolute Gasteiger partial charge is 0.480 e. The number of carboxylic acid groups (broad SMARTS) is 1. The van der Waals surface area contributed by atoms with Crippen LogP contribution in [0, 0.1) is 0 Å². The van der Waals surface area contributed by atoms with E-state index < -0.39 is 5.97 Å². The van der Waals surface area contributed by atoms with Crippen molar-refractivity contribution in [2.45, 2.75) is 12.8 Å². The first-order chi connectivity index (χ1) is 7.59. The number of aliphatic carboxylic acids is 1. The summed E-state index contributed by atoms with van der Waals surface area (Å²) in [6.45, 7) is 0.243. The van der Waals surface area contributed by atoms with Crippen molar-refractivity contribution in [1.29, 1.82) is 0 Å². The van der Waals surface area contributed by atoms with Crippen LogP contribution in [0.5, 0.6) is 0 Å². The molecule has 0 saturated carbocycles. The number of carbonyl (C=O) groups excluding carboxylic acids is 1. The van der Waals surface area contributed by atoms with Crippen molar-refractivity contribution in [3.63, 3.8) is 0 Å². The van der Waals surface area contributed by atoms with Crippen LogP contribution in [0.4, 0.5) is 0 Å². The Kier molecular flexibility index (Phi) is 2.64. The summed E-state index contributed by atoms with van der Waals surface area (Å²) in [6.07, 6.45) is 3.04. The number of hydrogen-bond donors (Lipinski definition) is 1. The van der Waals surface area contributed by atoms with E-state index in [4.69, 9.17) is 5.11 Å². The predicted molar refractivity (Wildman–Crippen MR) is 55.1 cm³/mol. The Balaban J connectivity index is 2.30. The highest BCUT2D eigenvalue weighted by molar-refractivity contribution is 5.97. The number of aryl methyl sites for hydroxylation is 1. The fraction of sp³-hybridized carbons (Fsp3) is 0.500. The van der Waals surface area contributed by atoms with E-state index in [0.717, 1.165) is 18.5 Å². The number of rotatable bonds is 2. The molecule has 1 aliphatic heterocycles. The third-order valence-corrected chi connectivity index (χ3v) is 2.75. The van der Waals surface area contributed by atoms with Crippen molar-refractivity contribution in [3.05, 3.63) is 17.5 Å². The number of amides is 1. The van der Waals surface area contributed by atoms with Gasteiger partial charge >= 0.3 is 5.97 Å². The molecular formula is C10H13N3O3. The molecule has 0 bridgehead atoms. The van der Waals surface area contributed by atoms with Crippen molar-refractivity contribution in [2.24, 2.45) is 7.05 Å². The molecule has 0 spiro atoms. The number of nitrogens with zero attached hydrogens (tertiary/aromatic N) is 3. The standard InChI is InChI=1S/C10H13N3O3/c1-12-8-3-2-4-13(6-9(14)15)10(16)7(8)5-11-12/h5H,2-4,6H2,1H3,(H,14,15). The zero-order valence-electron chi connectivity index (χ0n) is 9.01. The summed E-state index contributed by atoms with van der Waals surface area (Å²) >= 11 is 0. The fourth-order valence-corrected chi connectivity index (χ4v) is 1.96. The topological polar surface area (TPSA) is 75.4 Å². The lowest BCUT2D eigenvalue weighted by Crippen LogP contribution is -2.35. The van der Waals surface area contributed by atoms with Crippen LogP contribution >= 0.6 is 0 Å². The third kappa shape index (κ3) is 1.78. The molecule has 86 valence electrons. The van der Waals surface area contributed by atoms with E-state index in [1.54, 1.807) is 11.7 Å². The summed E-state index contributed by atoms with van der Waals surface area (Å²) in [6, 6.07) is 0. The number of carboxylic acids is 1. The molecule has 16 heavy (non-hydrogen) atoms. The SMILES string of the molecule is Cn1ncc2c1CCCN(CC(=O)O)C2=O. The Morgan fingerprint density at radius 1 is 1.62 bits per heavy atom. The van der Waals surface area contributed by atoms with Gasteiger partial charge in [-0.15, -0.1) is 0 Å². The molecule has 0 radical (unpaired) electrons. The maximum absolute atomic E-state index is 12.0. The van der Waals surface area contributed by atoms with Crippen molar-refractivity contribution in [1.82, 2.24) is 14.7 Å². The first kappa shape index (κ1) is 10.7. The Morgan fingerprint density at radius 2 is 2.38 bits per heavy atom. The zero-order chi connectivity index (χ0) is 11.7. The highest BCUT2D eigenvalue weighted by Gasteiger charge is 2.26. The summed E-state index contributed by atoms with van der Waals surface area (Å²) in [7, 11) is 1.79. The van der Waals surface area contributed by atoms with Crippen LogP contribution in [0.25, 0.3) is 0 Å². The zero-order valence-corrected chi connectivity index (χ0v) is 9.01. The van der Waals surface area contributed by atoms with Crippen molar-refractivity contribution in [3.8, 4) is 0 Å². The number of hydrogen-bond acceptors (Lipinski definition) is 3. The lowest BCUT2D eigenvalue weighted by molar-refractivity contribution is -0.137. The van der Waals surface area contributed by atoms with E-state index >= 15 is 0 Å². The van der Waals surface area contributed by atoms with Gasteiger partial charge in [-0.3, -0.25) is 14.3 Å². The average Bonchev–Trinajstić information content (AvgIpc) is 2.50. The Morgan fingerprint density at radius 3 is 3.06 bits per heavy atom. The molecule has 1 aromatic rings. The summed E-state index contributed by atoms with van der Waals surface area (Å²) in [5.41, 5.74) is 1.42. The van der Waals surface area contributed by atoms with Crippen LogP contribution in [-0.2, 0) is 18.3 Å². The molecule has 2 heterocycles. The third-order valence-electron chi connectivity index (χ3n) is 2.75. The summed E-state index contributed by atoms with van der Waals surface area (Å²) < 4.78 is 1.68. The minimum absolute atomic E-state index is 0.233. The van der Waals surface area contributed by atoms with Gasteiger partial charge in [-0.1, -0.05) is 0 Å². The quantitative estimate of drug-likeness (QED) is 0.759. The summed E-state index contributed by atoms with van der Waals surface area (Å²) in [5.74, 6) is -1.22. The molecule has 1 N–H and O–H groups in total. The van der Waals surface area contributed by atoms with Gasteiger partial charge in [0.15, 0.2) is 0 Å². The van der Waals surface area contributed by atoms with E-state index in [2.05, 4.69) is 5.10 Å². The maximum Gasteiger partial charge on any atom is 0.323 e. The van der Waals surface area contributed by atoms with Crippen molar-refractivity contribution < 1.29 is 14.7 Å². The van der Waals surface area contributed by atoms with Crippen LogP contribution in [0.2, 0.25) is 0 Å². The molecule has 0 fully saturated rings. The Labute approximate surface area is 92.5 Å². The van der Waals surface area contributed by atoms with E-state index in [-0.39, 0.29) is 12.5 Å². The molecule has 6 heteroatoms. The van der Waals surface area contributed by atoms with Crippen molar-refractivity contribution in [2.75, 3.05) is 13.1 Å². The van der Waals surface area contributed by atoms with Gasteiger partial charge in [0.05, 0.1) is 17.5 Å². The van der Waals surface area contributed by atoms with E-state index in [0.29, 0.717) is 12.1 Å². The molecule has 6 nitrogen and oxygen atoms in total. The molecule has 0 atom stereocenters. The minimum Gasteiger partial charge on any atom is -0.480 e. The van der Waals surface area contributed by atoms with E-state index in [1.807, 2.05) is 0 Å². The first-order valence-electron chi connectivity index (χ1n) is 5.11. The lowest BCUT2D eigenvalue weighted by atomic mass is 10.2. The summed E-state index contributed by atoms with van der Waals surface area (Å²) in [4.78, 5) is 24.0. The number of aromatic nitrogens is 2. The van der Waals surface area contributed by atoms with Crippen LogP contribution in [0.1, 0.15) is 22.5 Å². The molecule has 0 unspecified atom stereocenters. The van der Waals surface area contributed by atoms with Crippen LogP contribution in [0.15, 0.2) is 6.20 Å². The molecule has 0 saturated heterocycles. The van der Waals surface area contributed by atoms with E-state index in [9.17, 15) is 9.59 Å². The van der Waals surface area contributed by atoms with Gasteiger partial charge < -0.3 is 10.0 Å². The second-order valence-corrected chi connectivity index (χ2v) is 3.85. The average molecular weight is 223 g/mol. The number of fused-ring (bicyclic) bond motifs is 1. The lowest BCUT2D eigenvalue weighted by Gasteiger charge is -2.17. The smallest absolute Gasteiger partial charge is 0.323 e. The highest BCUT2D eigenvalue weighted by Crippen LogP contribution is 2.17.